The van der Waals surface area contributed by atoms with Crippen LogP contribution in [-0.4, -0.2) is 56.1 Å². The summed E-state index contributed by atoms with van der Waals surface area (Å²) in [6.07, 6.45) is 27.9. The Morgan fingerprint density at radius 1 is 0.611 bits per heavy atom. The maximum absolute atomic E-state index is 6.31. The third kappa shape index (κ3) is 18.2. The quantitative estimate of drug-likeness (QED) is 0.118. The number of rotatable bonds is 26. The summed E-state index contributed by atoms with van der Waals surface area (Å²) >= 11 is 0. The highest BCUT2D eigenvalue weighted by molar-refractivity contribution is 4.85. The van der Waals surface area contributed by atoms with Crippen LogP contribution in [0.3, 0.4) is 0 Å². The smallest absolute Gasteiger partial charge is 0.108 e. The summed E-state index contributed by atoms with van der Waals surface area (Å²) in [4.78, 5) is 2.54. The second kappa shape index (κ2) is 25.1. The van der Waals surface area contributed by atoms with Gasteiger partial charge in [-0.05, 0) is 26.7 Å². The van der Waals surface area contributed by atoms with E-state index in [1.54, 1.807) is 0 Å². The zero-order valence-electron chi connectivity index (χ0n) is 25.2. The van der Waals surface area contributed by atoms with Crippen LogP contribution < -0.4 is 5.32 Å². The van der Waals surface area contributed by atoms with Gasteiger partial charge in [0.15, 0.2) is 0 Å². The van der Waals surface area contributed by atoms with Gasteiger partial charge >= 0.3 is 0 Å². The molecule has 1 aliphatic heterocycles. The van der Waals surface area contributed by atoms with Crippen molar-refractivity contribution < 1.29 is 9.47 Å². The molecule has 1 N–H and O–H groups in total. The van der Waals surface area contributed by atoms with Crippen LogP contribution in [0.25, 0.3) is 0 Å². The van der Waals surface area contributed by atoms with E-state index in [0.29, 0.717) is 6.04 Å². The van der Waals surface area contributed by atoms with Crippen LogP contribution in [0.1, 0.15) is 156 Å². The molecule has 1 aliphatic rings. The number of hydrogen-bond donors (Lipinski definition) is 1. The molecule has 0 bridgehead atoms. The predicted molar refractivity (Wildman–Crippen MR) is 158 cm³/mol. The first kappa shape index (κ1) is 33.9. The zero-order chi connectivity index (χ0) is 26.1. The van der Waals surface area contributed by atoms with Gasteiger partial charge in [-0.2, -0.15) is 0 Å². The van der Waals surface area contributed by atoms with Crippen molar-refractivity contribution in [1.82, 2.24) is 10.2 Å². The summed E-state index contributed by atoms with van der Waals surface area (Å²) < 4.78 is 12.6. The van der Waals surface area contributed by atoms with Crippen molar-refractivity contribution in [2.24, 2.45) is 0 Å². The van der Waals surface area contributed by atoms with Crippen molar-refractivity contribution in [3.05, 3.63) is 0 Å². The Kier molecular flexibility index (Phi) is 23.6. The van der Waals surface area contributed by atoms with Gasteiger partial charge in [0.25, 0.3) is 0 Å². The van der Waals surface area contributed by atoms with Crippen molar-refractivity contribution >= 4 is 0 Å². The van der Waals surface area contributed by atoms with Crippen LogP contribution in [0, 0.1) is 0 Å². The zero-order valence-corrected chi connectivity index (χ0v) is 25.2. The lowest BCUT2D eigenvalue weighted by atomic mass is 10.1. The van der Waals surface area contributed by atoms with Crippen molar-refractivity contribution in [3.8, 4) is 0 Å². The summed E-state index contributed by atoms with van der Waals surface area (Å²) in [5.74, 6) is 0. The highest BCUT2D eigenvalue weighted by Crippen LogP contribution is 2.17. The predicted octanol–water partition coefficient (Wildman–Crippen LogP) is 8.87. The molecule has 1 heterocycles. The van der Waals surface area contributed by atoms with Gasteiger partial charge < -0.3 is 14.8 Å². The van der Waals surface area contributed by atoms with Crippen molar-refractivity contribution in [2.45, 2.75) is 174 Å². The van der Waals surface area contributed by atoms with Crippen LogP contribution in [0.4, 0.5) is 0 Å². The molecule has 0 aromatic heterocycles. The second-order valence-corrected chi connectivity index (χ2v) is 11.4. The molecule has 0 spiro atoms. The van der Waals surface area contributed by atoms with Gasteiger partial charge in [0.05, 0.1) is 12.1 Å². The molecule has 3 atom stereocenters. The maximum Gasteiger partial charge on any atom is 0.108 e. The minimum atomic E-state index is 0.180. The van der Waals surface area contributed by atoms with Gasteiger partial charge in [-0.15, -0.1) is 0 Å². The molecule has 3 unspecified atom stereocenters. The highest BCUT2D eigenvalue weighted by atomic mass is 16.5. The Labute approximate surface area is 227 Å². The van der Waals surface area contributed by atoms with E-state index in [2.05, 4.69) is 37.9 Å². The third-order valence-electron chi connectivity index (χ3n) is 8.07. The summed E-state index contributed by atoms with van der Waals surface area (Å²) in [5, 5.41) is 3.58. The number of nitrogens with one attached hydrogen (secondary N) is 1. The summed E-state index contributed by atoms with van der Waals surface area (Å²) in [6, 6.07) is 0.407. The van der Waals surface area contributed by atoms with Crippen molar-refractivity contribution in [2.75, 3.05) is 32.8 Å². The molecular weight excluding hydrogens is 444 g/mol. The van der Waals surface area contributed by atoms with E-state index in [0.717, 1.165) is 32.8 Å². The van der Waals surface area contributed by atoms with Crippen molar-refractivity contribution in [3.63, 3.8) is 0 Å². The summed E-state index contributed by atoms with van der Waals surface area (Å²) in [7, 11) is 0. The minimum absolute atomic E-state index is 0.180. The molecule has 1 fully saturated rings. The van der Waals surface area contributed by atoms with Gasteiger partial charge in [0, 0.05) is 32.8 Å². The largest absolute Gasteiger partial charge is 0.377 e. The Balaban J connectivity index is 2.07. The van der Waals surface area contributed by atoms with E-state index >= 15 is 0 Å². The molecule has 0 radical (unpaired) electrons. The number of piperazine rings is 1. The Morgan fingerprint density at radius 3 is 1.50 bits per heavy atom. The highest BCUT2D eigenvalue weighted by Gasteiger charge is 2.31. The number of unbranched alkanes of at least 4 members (excludes halogenated alkanes) is 18. The monoisotopic (exact) mass is 511 g/mol. The molecule has 1 saturated heterocycles. The van der Waals surface area contributed by atoms with E-state index in [1.165, 1.54) is 128 Å². The Hall–Kier alpha value is -0.160. The topological polar surface area (TPSA) is 33.7 Å². The van der Waals surface area contributed by atoms with E-state index in [1.807, 2.05) is 0 Å². The van der Waals surface area contributed by atoms with Crippen LogP contribution in [0.15, 0.2) is 0 Å². The number of hydrogen-bond acceptors (Lipinski definition) is 4. The molecule has 216 valence electrons. The van der Waals surface area contributed by atoms with Crippen molar-refractivity contribution in [1.29, 1.82) is 0 Å². The van der Waals surface area contributed by atoms with Crippen LogP contribution in [0.5, 0.6) is 0 Å². The fraction of sp³-hybridized carbons (Fsp3) is 1.00. The number of ether oxygens (including phenoxy) is 2. The first-order chi connectivity index (χ1) is 17.7. The summed E-state index contributed by atoms with van der Waals surface area (Å²) in [5.41, 5.74) is 0. The molecule has 0 amide bonds. The third-order valence-corrected chi connectivity index (χ3v) is 8.07. The van der Waals surface area contributed by atoms with Gasteiger partial charge in [-0.1, -0.05) is 129 Å². The summed E-state index contributed by atoms with van der Waals surface area (Å²) in [6.45, 7) is 14.0. The Morgan fingerprint density at radius 2 is 1.03 bits per heavy atom. The molecule has 36 heavy (non-hydrogen) atoms. The van der Waals surface area contributed by atoms with Gasteiger partial charge in [0.2, 0.25) is 0 Å². The van der Waals surface area contributed by atoms with Crippen LogP contribution in [-0.2, 0) is 9.47 Å². The maximum atomic E-state index is 6.31. The fourth-order valence-electron chi connectivity index (χ4n) is 5.54. The Bertz CT molecular complexity index is 408. The first-order valence-corrected chi connectivity index (χ1v) is 16.4. The molecule has 4 heteroatoms. The average Bonchev–Trinajstić information content (AvgIpc) is 2.90. The standard InChI is InChI=1S/C32H66N2O2/c1-5-7-9-11-13-15-17-19-21-23-27-35-30(3)32-29-33-25-26-34(32)31(4)36-28-24-22-20-18-16-14-12-10-8-6-2/h30-33H,5-29H2,1-4H3. The molecule has 0 saturated carbocycles. The lowest BCUT2D eigenvalue weighted by Crippen LogP contribution is -2.59. The van der Waals surface area contributed by atoms with E-state index < -0.39 is 0 Å². The molecule has 4 nitrogen and oxygen atoms in total. The first-order valence-electron chi connectivity index (χ1n) is 16.4. The number of nitrogens with zero attached hydrogens (tertiary/aromatic N) is 1. The lowest BCUT2D eigenvalue weighted by molar-refractivity contribution is -0.108. The molecule has 0 aromatic carbocycles. The van der Waals surface area contributed by atoms with Crippen LogP contribution >= 0.6 is 0 Å². The molecular formula is C32H66N2O2. The minimum Gasteiger partial charge on any atom is -0.377 e. The fourth-order valence-corrected chi connectivity index (χ4v) is 5.54. The average molecular weight is 511 g/mol. The van der Waals surface area contributed by atoms with Gasteiger partial charge in [-0.3, -0.25) is 4.90 Å². The van der Waals surface area contributed by atoms with Gasteiger partial charge in [0.1, 0.15) is 6.23 Å². The molecule has 0 aliphatic carbocycles. The normalized spacial score (nSPS) is 18.5. The van der Waals surface area contributed by atoms with Crippen LogP contribution in [0.2, 0.25) is 0 Å². The molecule has 0 aromatic rings. The SMILES string of the molecule is CCCCCCCCCCCCOC(C)C1CNCCN1C(C)OCCCCCCCCCCCC. The van der Waals surface area contributed by atoms with E-state index in [4.69, 9.17) is 9.47 Å². The van der Waals surface area contributed by atoms with E-state index in [-0.39, 0.29) is 12.3 Å². The van der Waals surface area contributed by atoms with Gasteiger partial charge in [-0.25, -0.2) is 0 Å². The second-order valence-electron chi connectivity index (χ2n) is 11.4. The van der Waals surface area contributed by atoms with E-state index in [9.17, 15) is 0 Å². The molecule has 1 rings (SSSR count). The lowest BCUT2D eigenvalue weighted by Gasteiger charge is -2.42.